The molecule has 242 valence electrons. The molecule has 1 aliphatic rings. The average molecular weight is 678 g/mol. The van der Waals surface area contributed by atoms with Crippen molar-refractivity contribution in [3.63, 3.8) is 0 Å². The van der Waals surface area contributed by atoms with E-state index in [1.165, 1.54) is 0 Å². The number of hydrogen-bond acceptors (Lipinski definition) is 4. The SMILES string of the molecule is C[C@H](c1ccc(Cl)cc1)N1C(=O)c2cc(C#C[Si](C)(C)C)ccc2N(CCCCC(=O)OC(C)(C)C)C(=O)[C@@H]1c1ccc(Cl)cc1. The summed E-state index contributed by atoms with van der Waals surface area (Å²) >= 11 is 12.5. The van der Waals surface area contributed by atoms with Gasteiger partial charge in [-0.15, -0.1) is 5.54 Å². The first kappa shape index (κ1) is 35.3. The summed E-state index contributed by atoms with van der Waals surface area (Å²) in [6.07, 6.45) is 1.30. The molecule has 0 saturated heterocycles. The van der Waals surface area contributed by atoms with Gasteiger partial charge in [0.2, 0.25) is 0 Å². The largest absolute Gasteiger partial charge is 0.460 e. The van der Waals surface area contributed by atoms with Crippen LogP contribution < -0.4 is 4.90 Å². The summed E-state index contributed by atoms with van der Waals surface area (Å²) in [5, 5.41) is 1.11. The van der Waals surface area contributed by atoms with Crippen LogP contribution in [0.1, 0.15) is 86.1 Å². The van der Waals surface area contributed by atoms with E-state index < -0.39 is 25.8 Å². The highest BCUT2D eigenvalue weighted by Gasteiger charge is 2.43. The fourth-order valence-electron chi connectivity index (χ4n) is 5.33. The Balaban J connectivity index is 1.82. The van der Waals surface area contributed by atoms with Crippen LogP contribution in [0.3, 0.4) is 0 Å². The van der Waals surface area contributed by atoms with Crippen molar-refractivity contribution in [3.8, 4) is 11.5 Å². The maximum absolute atomic E-state index is 14.8. The molecule has 2 amide bonds. The van der Waals surface area contributed by atoms with Gasteiger partial charge in [0.15, 0.2) is 0 Å². The zero-order chi connectivity index (χ0) is 33.8. The summed E-state index contributed by atoms with van der Waals surface area (Å²) in [4.78, 5) is 45.3. The van der Waals surface area contributed by atoms with Crippen molar-refractivity contribution in [1.82, 2.24) is 4.90 Å². The number of carbonyl (C=O) groups is 3. The van der Waals surface area contributed by atoms with E-state index in [0.717, 1.165) is 11.1 Å². The first-order valence-corrected chi connectivity index (χ1v) is 19.8. The number of ether oxygens (including phenoxy) is 1. The molecule has 0 aliphatic carbocycles. The first-order chi connectivity index (χ1) is 21.5. The number of rotatable bonds is 8. The molecule has 3 aromatic rings. The predicted molar refractivity (Wildman–Crippen MR) is 189 cm³/mol. The number of anilines is 1. The van der Waals surface area contributed by atoms with E-state index in [1.54, 1.807) is 52.3 Å². The molecule has 1 aliphatic heterocycles. The predicted octanol–water partition coefficient (Wildman–Crippen LogP) is 9.03. The zero-order valence-electron chi connectivity index (χ0n) is 27.6. The summed E-state index contributed by atoms with van der Waals surface area (Å²) in [7, 11) is -1.69. The molecule has 0 fully saturated rings. The number of esters is 1. The van der Waals surface area contributed by atoms with Gasteiger partial charge in [-0.25, -0.2) is 0 Å². The molecule has 0 bridgehead atoms. The lowest BCUT2D eigenvalue weighted by Gasteiger charge is -2.36. The van der Waals surface area contributed by atoms with Gasteiger partial charge in [-0.1, -0.05) is 73.0 Å². The van der Waals surface area contributed by atoms with Gasteiger partial charge < -0.3 is 14.5 Å². The average Bonchev–Trinajstić information content (AvgIpc) is 3.06. The molecule has 0 saturated carbocycles. The monoisotopic (exact) mass is 676 g/mol. The number of carbonyl (C=O) groups excluding carboxylic acids is 3. The third-order valence-corrected chi connectivity index (χ3v) is 8.88. The molecule has 0 aromatic heterocycles. The van der Waals surface area contributed by atoms with Crippen LogP contribution in [0.25, 0.3) is 0 Å². The number of hydrogen-bond donors (Lipinski definition) is 0. The van der Waals surface area contributed by atoms with Crippen molar-refractivity contribution in [2.75, 3.05) is 11.4 Å². The van der Waals surface area contributed by atoms with E-state index in [9.17, 15) is 14.4 Å². The Kier molecular flexibility index (Phi) is 11.1. The lowest BCUT2D eigenvalue weighted by Crippen LogP contribution is -2.44. The maximum atomic E-state index is 14.8. The van der Waals surface area contributed by atoms with Gasteiger partial charge in [-0.2, -0.15) is 0 Å². The van der Waals surface area contributed by atoms with Crippen LogP contribution in [0.4, 0.5) is 5.69 Å². The van der Waals surface area contributed by atoms with Crippen LogP contribution in [0.5, 0.6) is 0 Å². The quantitative estimate of drug-likeness (QED) is 0.103. The normalized spacial score (nSPS) is 15.9. The molecule has 46 heavy (non-hydrogen) atoms. The van der Waals surface area contributed by atoms with Gasteiger partial charge in [0.1, 0.15) is 19.7 Å². The number of unbranched alkanes of at least 4 members (excludes halogenated alkanes) is 1. The molecule has 6 nitrogen and oxygen atoms in total. The van der Waals surface area contributed by atoms with Crippen molar-refractivity contribution < 1.29 is 19.1 Å². The minimum absolute atomic E-state index is 0.233. The highest BCUT2D eigenvalue weighted by Crippen LogP contribution is 2.40. The van der Waals surface area contributed by atoms with Crippen molar-refractivity contribution in [3.05, 3.63) is 99.0 Å². The van der Waals surface area contributed by atoms with E-state index in [1.807, 2.05) is 52.0 Å². The number of amides is 2. The molecule has 1 heterocycles. The molecule has 3 aromatic carbocycles. The Bertz CT molecular complexity index is 1650. The minimum atomic E-state index is -1.69. The van der Waals surface area contributed by atoms with Crippen LogP contribution in [0.2, 0.25) is 29.7 Å². The summed E-state index contributed by atoms with van der Waals surface area (Å²) in [6, 6.07) is 18.4. The molecule has 0 unspecified atom stereocenters. The Morgan fingerprint density at radius 1 is 0.935 bits per heavy atom. The zero-order valence-corrected chi connectivity index (χ0v) is 30.1. The summed E-state index contributed by atoms with van der Waals surface area (Å²) in [5.41, 5.74) is 5.95. The van der Waals surface area contributed by atoms with Crippen LogP contribution in [-0.2, 0) is 14.3 Å². The van der Waals surface area contributed by atoms with Gasteiger partial charge in [0.05, 0.1) is 17.3 Å². The lowest BCUT2D eigenvalue weighted by molar-refractivity contribution is -0.154. The second kappa shape index (κ2) is 14.5. The molecule has 0 radical (unpaired) electrons. The molecular formula is C37H42Cl2N2O4Si. The van der Waals surface area contributed by atoms with Gasteiger partial charge in [-0.05, 0) is 94.1 Å². The molecular weight excluding hydrogens is 635 g/mol. The Labute approximate surface area is 284 Å². The van der Waals surface area contributed by atoms with Crippen LogP contribution >= 0.6 is 23.2 Å². The highest BCUT2D eigenvalue weighted by molar-refractivity contribution is 6.83. The minimum Gasteiger partial charge on any atom is -0.460 e. The van der Waals surface area contributed by atoms with Crippen molar-refractivity contribution in [1.29, 1.82) is 0 Å². The van der Waals surface area contributed by atoms with Gasteiger partial charge in [0, 0.05) is 28.6 Å². The second-order valence-corrected chi connectivity index (χ2v) is 19.3. The highest BCUT2D eigenvalue weighted by atomic mass is 35.5. The standard InChI is InChI=1S/C37H42Cl2N2O4Si/c1-25(27-12-16-29(38)17-13-27)41-34(28-14-18-30(39)19-15-28)36(44)40(22-9-8-10-33(42)45-37(2,3)4)32-20-11-26(21-23-46(5,6)7)24-31(32)35(41)43/h11-20,24-25,34H,8-10,22H2,1-7H3/t25-,34+/m1/s1. The Morgan fingerprint density at radius 3 is 2.13 bits per heavy atom. The molecule has 0 N–H and O–H groups in total. The van der Waals surface area contributed by atoms with Gasteiger partial charge in [-0.3, -0.25) is 14.4 Å². The maximum Gasteiger partial charge on any atom is 0.306 e. The Morgan fingerprint density at radius 2 is 1.54 bits per heavy atom. The third kappa shape index (κ3) is 9.03. The Hall–Kier alpha value is -3.57. The summed E-state index contributed by atoms with van der Waals surface area (Å²) in [5.74, 6) is 2.47. The van der Waals surface area contributed by atoms with Crippen molar-refractivity contribution in [2.45, 2.75) is 84.3 Å². The molecule has 9 heteroatoms. The third-order valence-electron chi connectivity index (χ3n) is 7.50. The number of benzene rings is 3. The summed E-state index contributed by atoms with van der Waals surface area (Å²) in [6.45, 7) is 14.2. The number of nitrogens with zero attached hydrogens (tertiary/aromatic N) is 2. The smallest absolute Gasteiger partial charge is 0.306 e. The topological polar surface area (TPSA) is 66.9 Å². The van der Waals surface area contributed by atoms with Crippen LogP contribution in [-0.4, -0.2) is 42.9 Å². The molecule has 0 spiro atoms. The fourth-order valence-corrected chi connectivity index (χ4v) is 6.11. The fraction of sp³-hybridized carbons (Fsp3) is 0.378. The lowest BCUT2D eigenvalue weighted by atomic mass is 9.98. The number of fused-ring (bicyclic) bond motifs is 1. The molecule has 4 rings (SSSR count). The van der Waals surface area contributed by atoms with E-state index in [4.69, 9.17) is 27.9 Å². The van der Waals surface area contributed by atoms with Crippen LogP contribution in [0, 0.1) is 11.5 Å². The summed E-state index contributed by atoms with van der Waals surface area (Å²) < 4.78 is 5.48. The van der Waals surface area contributed by atoms with Crippen LogP contribution in [0.15, 0.2) is 66.7 Å². The van der Waals surface area contributed by atoms with E-state index in [0.29, 0.717) is 46.2 Å². The number of halogens is 2. The first-order valence-electron chi connectivity index (χ1n) is 15.6. The second-order valence-electron chi connectivity index (χ2n) is 13.7. The van der Waals surface area contributed by atoms with Crippen molar-refractivity contribution in [2.24, 2.45) is 0 Å². The van der Waals surface area contributed by atoms with E-state index in [-0.39, 0.29) is 24.2 Å². The van der Waals surface area contributed by atoms with Gasteiger partial charge >= 0.3 is 5.97 Å². The van der Waals surface area contributed by atoms with Crippen molar-refractivity contribution >= 4 is 54.7 Å². The van der Waals surface area contributed by atoms with E-state index >= 15 is 0 Å². The molecule has 2 atom stereocenters. The van der Waals surface area contributed by atoms with Gasteiger partial charge in [0.25, 0.3) is 11.8 Å². The van der Waals surface area contributed by atoms with E-state index in [2.05, 4.69) is 31.1 Å².